The fourth-order valence-corrected chi connectivity index (χ4v) is 9.00. The summed E-state index contributed by atoms with van der Waals surface area (Å²) in [5.41, 5.74) is 6.63. The predicted octanol–water partition coefficient (Wildman–Crippen LogP) is 11.6. The van der Waals surface area contributed by atoms with Crippen molar-refractivity contribution >= 4 is 85.0 Å². The molecule has 10 aromatic rings. The molecular formula is C40H23N3S2. The number of nitrogens with zero attached hydrogens (tertiary/aromatic N) is 3. The topological polar surface area (TPSA) is 30.7 Å². The van der Waals surface area contributed by atoms with Crippen LogP contribution in [0.3, 0.4) is 0 Å². The second-order valence-corrected chi connectivity index (χ2v) is 13.5. The van der Waals surface area contributed by atoms with Gasteiger partial charge >= 0.3 is 0 Å². The van der Waals surface area contributed by atoms with Crippen LogP contribution in [0.1, 0.15) is 0 Å². The zero-order valence-corrected chi connectivity index (χ0v) is 25.6. The summed E-state index contributed by atoms with van der Waals surface area (Å²) in [5, 5.41) is 7.28. The number of aromatic nitrogens is 3. The van der Waals surface area contributed by atoms with Crippen molar-refractivity contribution in [3.63, 3.8) is 0 Å². The summed E-state index contributed by atoms with van der Waals surface area (Å²) in [5.74, 6) is 0.694. The van der Waals surface area contributed by atoms with Crippen LogP contribution >= 0.6 is 22.7 Å². The SMILES string of the molecule is c1ccc(-c2cccc(-c3nc(-n4c5ccccc5c5cc6sc7ccccc7c6cc54)nc4sc5ccccc5c34)c2)cc1. The van der Waals surface area contributed by atoms with Crippen molar-refractivity contribution in [1.29, 1.82) is 0 Å². The zero-order chi connectivity index (χ0) is 29.5. The molecule has 0 spiro atoms. The van der Waals surface area contributed by atoms with E-state index in [1.807, 2.05) is 11.3 Å². The van der Waals surface area contributed by atoms with Gasteiger partial charge in [-0.25, -0.2) is 9.97 Å². The lowest BCUT2D eigenvalue weighted by Crippen LogP contribution is -2.02. The van der Waals surface area contributed by atoms with Crippen molar-refractivity contribution in [2.75, 3.05) is 0 Å². The van der Waals surface area contributed by atoms with Gasteiger partial charge in [0.15, 0.2) is 0 Å². The maximum Gasteiger partial charge on any atom is 0.236 e. The van der Waals surface area contributed by atoms with Crippen molar-refractivity contribution < 1.29 is 0 Å². The number of hydrogen-bond donors (Lipinski definition) is 0. The molecule has 0 aliphatic rings. The Morgan fingerprint density at radius 2 is 1.11 bits per heavy atom. The Labute approximate surface area is 266 Å². The van der Waals surface area contributed by atoms with E-state index in [2.05, 4.69) is 144 Å². The molecule has 6 aromatic carbocycles. The van der Waals surface area contributed by atoms with Crippen molar-refractivity contribution in [3.8, 4) is 28.3 Å². The maximum atomic E-state index is 5.46. The minimum atomic E-state index is 0.694. The first-order valence-corrected chi connectivity index (χ1v) is 16.6. The van der Waals surface area contributed by atoms with Crippen LogP contribution in [0.5, 0.6) is 0 Å². The number of para-hydroxylation sites is 1. The van der Waals surface area contributed by atoms with Gasteiger partial charge in [-0.2, -0.15) is 0 Å². The van der Waals surface area contributed by atoms with E-state index < -0.39 is 0 Å². The van der Waals surface area contributed by atoms with Gasteiger partial charge in [0, 0.05) is 52.0 Å². The minimum Gasteiger partial charge on any atom is -0.278 e. The molecule has 0 saturated heterocycles. The van der Waals surface area contributed by atoms with Gasteiger partial charge in [0.1, 0.15) is 4.83 Å². The molecule has 45 heavy (non-hydrogen) atoms. The number of rotatable bonds is 3. The van der Waals surface area contributed by atoms with E-state index in [4.69, 9.17) is 9.97 Å². The standard InChI is InChI=1S/C40H23N3S2/c1-2-11-24(12-3-1)25-13-10-14-26(21-25)38-37-29-17-6-9-20-35(29)45-39(37)42-40(41-38)43-32-18-7-4-15-27(32)30-23-36-31(22-33(30)43)28-16-5-8-19-34(28)44-36/h1-23H. The van der Waals surface area contributed by atoms with Gasteiger partial charge < -0.3 is 0 Å². The molecule has 0 aliphatic carbocycles. The van der Waals surface area contributed by atoms with Crippen molar-refractivity contribution in [2.45, 2.75) is 0 Å². The van der Waals surface area contributed by atoms with Gasteiger partial charge in [0.25, 0.3) is 0 Å². The molecule has 0 N–H and O–H groups in total. The summed E-state index contributed by atoms with van der Waals surface area (Å²) in [6.45, 7) is 0. The molecule has 0 aliphatic heterocycles. The van der Waals surface area contributed by atoms with E-state index >= 15 is 0 Å². The number of hydrogen-bond acceptors (Lipinski definition) is 4. The highest BCUT2D eigenvalue weighted by Gasteiger charge is 2.21. The monoisotopic (exact) mass is 609 g/mol. The number of thiophene rings is 2. The van der Waals surface area contributed by atoms with E-state index in [0.717, 1.165) is 32.5 Å². The molecule has 210 valence electrons. The quantitative estimate of drug-likeness (QED) is 0.199. The first-order valence-electron chi connectivity index (χ1n) is 15.0. The lowest BCUT2D eigenvalue weighted by Gasteiger charge is -2.11. The largest absolute Gasteiger partial charge is 0.278 e. The first kappa shape index (κ1) is 25.0. The van der Waals surface area contributed by atoms with E-state index in [1.165, 1.54) is 52.2 Å². The van der Waals surface area contributed by atoms with Gasteiger partial charge in [0.2, 0.25) is 5.95 Å². The number of fused-ring (bicyclic) bond motifs is 9. The molecule has 10 rings (SSSR count). The molecule has 3 nitrogen and oxygen atoms in total. The average Bonchev–Trinajstić information content (AvgIpc) is 3.76. The highest BCUT2D eigenvalue weighted by atomic mass is 32.1. The van der Waals surface area contributed by atoms with Gasteiger partial charge in [-0.1, -0.05) is 103 Å². The summed E-state index contributed by atoms with van der Waals surface area (Å²) >= 11 is 3.59. The van der Waals surface area contributed by atoms with Crippen LogP contribution in [-0.4, -0.2) is 14.5 Å². The maximum absolute atomic E-state index is 5.46. The molecule has 0 fully saturated rings. The highest BCUT2D eigenvalue weighted by Crippen LogP contribution is 2.43. The second kappa shape index (κ2) is 9.57. The van der Waals surface area contributed by atoms with Crippen LogP contribution in [0.15, 0.2) is 140 Å². The van der Waals surface area contributed by atoms with Crippen LogP contribution in [0.4, 0.5) is 0 Å². The van der Waals surface area contributed by atoms with E-state index in [0.29, 0.717) is 5.95 Å². The minimum absolute atomic E-state index is 0.694. The Balaban J connectivity index is 1.31. The Kier molecular flexibility index (Phi) is 5.32. The zero-order valence-electron chi connectivity index (χ0n) is 23.9. The van der Waals surface area contributed by atoms with Crippen LogP contribution < -0.4 is 0 Å². The predicted molar refractivity (Wildman–Crippen MR) is 193 cm³/mol. The van der Waals surface area contributed by atoms with Gasteiger partial charge in [0.05, 0.1) is 16.7 Å². The third-order valence-corrected chi connectivity index (χ3v) is 11.0. The van der Waals surface area contributed by atoms with Crippen LogP contribution in [0.2, 0.25) is 0 Å². The first-order chi connectivity index (χ1) is 22.3. The van der Waals surface area contributed by atoms with Crippen LogP contribution in [0, 0.1) is 0 Å². The molecule has 0 atom stereocenters. The molecular weight excluding hydrogens is 587 g/mol. The molecule has 0 saturated carbocycles. The molecule has 0 unspecified atom stereocenters. The summed E-state index contributed by atoms with van der Waals surface area (Å²) in [6.07, 6.45) is 0. The summed E-state index contributed by atoms with van der Waals surface area (Å²) < 4.78 is 6.09. The van der Waals surface area contributed by atoms with Crippen LogP contribution in [-0.2, 0) is 0 Å². The summed E-state index contributed by atoms with van der Waals surface area (Å²) in [6, 6.07) is 49.9. The fourth-order valence-electron chi connectivity index (χ4n) is 6.80. The molecule has 4 heterocycles. The lowest BCUT2D eigenvalue weighted by molar-refractivity contribution is 1.02. The second-order valence-electron chi connectivity index (χ2n) is 11.4. The average molecular weight is 610 g/mol. The molecule has 0 bridgehead atoms. The van der Waals surface area contributed by atoms with E-state index in [-0.39, 0.29) is 0 Å². The normalized spacial score (nSPS) is 12.0. The highest BCUT2D eigenvalue weighted by molar-refractivity contribution is 7.26. The van der Waals surface area contributed by atoms with Crippen LogP contribution in [0.25, 0.3) is 90.6 Å². The summed E-state index contributed by atoms with van der Waals surface area (Å²) in [7, 11) is 0. The Hall–Kier alpha value is -5.36. The van der Waals surface area contributed by atoms with Crippen molar-refractivity contribution in [2.24, 2.45) is 0 Å². The Morgan fingerprint density at radius 3 is 1.98 bits per heavy atom. The fraction of sp³-hybridized carbons (Fsp3) is 0. The molecule has 4 aromatic heterocycles. The number of benzene rings is 6. The molecule has 0 amide bonds. The third-order valence-electron chi connectivity index (χ3n) is 8.84. The smallest absolute Gasteiger partial charge is 0.236 e. The van der Waals surface area contributed by atoms with E-state index in [1.54, 1.807) is 11.3 Å². The van der Waals surface area contributed by atoms with E-state index in [9.17, 15) is 0 Å². The molecule has 5 heteroatoms. The van der Waals surface area contributed by atoms with Crippen molar-refractivity contribution in [1.82, 2.24) is 14.5 Å². The van der Waals surface area contributed by atoms with Gasteiger partial charge in [-0.05, 0) is 47.5 Å². The summed E-state index contributed by atoms with van der Waals surface area (Å²) in [4.78, 5) is 11.8. The van der Waals surface area contributed by atoms with Crippen molar-refractivity contribution in [3.05, 3.63) is 140 Å². The Bertz CT molecular complexity index is 2770. The van der Waals surface area contributed by atoms with Gasteiger partial charge in [-0.3, -0.25) is 4.57 Å². The molecule has 0 radical (unpaired) electrons. The third kappa shape index (κ3) is 3.75. The lowest BCUT2D eigenvalue weighted by atomic mass is 10.00. The Morgan fingerprint density at radius 1 is 0.422 bits per heavy atom. The van der Waals surface area contributed by atoms with Gasteiger partial charge in [-0.15, -0.1) is 22.7 Å².